The maximum absolute atomic E-state index is 10.2. The molecular formula is C11H15BrO. The predicted octanol–water partition coefficient (Wildman–Crippen LogP) is 3.07. The zero-order valence-corrected chi connectivity index (χ0v) is 9.42. The summed E-state index contributed by atoms with van der Waals surface area (Å²) in [5.41, 5.74) is 0.296. The van der Waals surface area contributed by atoms with Gasteiger partial charge in [-0.15, -0.1) is 0 Å². The Labute approximate surface area is 87.9 Å². The minimum Gasteiger partial charge on any atom is -0.384 e. The van der Waals surface area contributed by atoms with Crippen molar-refractivity contribution in [2.45, 2.75) is 25.4 Å². The third-order valence-electron chi connectivity index (χ3n) is 2.20. The molecule has 1 rings (SSSR count). The second-order valence-electron chi connectivity index (χ2n) is 3.28. The van der Waals surface area contributed by atoms with E-state index in [0.29, 0.717) is 5.33 Å². The quantitative estimate of drug-likeness (QED) is 0.806. The molecule has 2 heteroatoms. The summed E-state index contributed by atoms with van der Waals surface area (Å²) in [6, 6.07) is 9.81. The predicted molar refractivity (Wildman–Crippen MR) is 59.0 cm³/mol. The van der Waals surface area contributed by atoms with Gasteiger partial charge < -0.3 is 5.11 Å². The largest absolute Gasteiger partial charge is 0.384 e. The van der Waals surface area contributed by atoms with E-state index < -0.39 is 5.60 Å². The van der Waals surface area contributed by atoms with Gasteiger partial charge in [-0.05, 0) is 12.0 Å². The lowest BCUT2D eigenvalue weighted by Crippen LogP contribution is -2.27. The van der Waals surface area contributed by atoms with Crippen molar-refractivity contribution in [1.29, 1.82) is 0 Å². The van der Waals surface area contributed by atoms with Crippen molar-refractivity contribution in [3.8, 4) is 0 Å². The van der Waals surface area contributed by atoms with Gasteiger partial charge in [0, 0.05) is 5.33 Å². The van der Waals surface area contributed by atoms with E-state index in [9.17, 15) is 5.11 Å². The van der Waals surface area contributed by atoms with Crippen LogP contribution in [0, 0.1) is 0 Å². The van der Waals surface area contributed by atoms with E-state index in [2.05, 4.69) is 22.9 Å². The van der Waals surface area contributed by atoms with Crippen LogP contribution in [0.5, 0.6) is 0 Å². The molecule has 0 saturated heterocycles. The Balaban J connectivity index is 2.89. The minimum atomic E-state index is -0.698. The summed E-state index contributed by atoms with van der Waals surface area (Å²) in [4.78, 5) is 0. The molecule has 1 nitrogen and oxygen atoms in total. The van der Waals surface area contributed by atoms with Crippen LogP contribution >= 0.6 is 15.9 Å². The van der Waals surface area contributed by atoms with Gasteiger partial charge >= 0.3 is 0 Å². The normalized spacial score (nSPS) is 15.3. The van der Waals surface area contributed by atoms with Gasteiger partial charge in [0.05, 0.1) is 5.60 Å². The zero-order chi connectivity index (χ0) is 9.73. The van der Waals surface area contributed by atoms with Gasteiger partial charge in [-0.1, -0.05) is 59.6 Å². The molecule has 0 aromatic heterocycles. The van der Waals surface area contributed by atoms with Gasteiger partial charge in [0.25, 0.3) is 0 Å². The Hall–Kier alpha value is -0.340. The van der Waals surface area contributed by atoms with E-state index >= 15 is 0 Å². The Morgan fingerprint density at radius 3 is 2.38 bits per heavy atom. The first kappa shape index (κ1) is 10.7. The first-order valence-corrected chi connectivity index (χ1v) is 5.69. The van der Waals surface area contributed by atoms with Crippen LogP contribution in [0.1, 0.15) is 25.3 Å². The molecule has 1 aromatic carbocycles. The second kappa shape index (κ2) is 4.77. The van der Waals surface area contributed by atoms with Crippen LogP contribution in [0.3, 0.4) is 0 Å². The molecule has 1 atom stereocenters. The van der Waals surface area contributed by atoms with E-state index in [1.54, 1.807) is 0 Å². The maximum Gasteiger partial charge on any atom is 0.0992 e. The molecule has 0 fully saturated rings. The minimum absolute atomic E-state index is 0.595. The molecular weight excluding hydrogens is 228 g/mol. The van der Waals surface area contributed by atoms with E-state index in [1.807, 2.05) is 30.3 Å². The molecule has 0 bridgehead atoms. The van der Waals surface area contributed by atoms with Crippen LogP contribution in [0.2, 0.25) is 0 Å². The first-order chi connectivity index (χ1) is 6.23. The summed E-state index contributed by atoms with van der Waals surface area (Å²) in [5, 5.41) is 10.8. The second-order valence-corrected chi connectivity index (χ2v) is 3.84. The number of hydrogen-bond donors (Lipinski definition) is 1. The lowest BCUT2D eigenvalue weighted by molar-refractivity contribution is 0.0535. The SMILES string of the molecule is CCCC(O)(CBr)c1ccccc1. The third kappa shape index (κ3) is 2.55. The van der Waals surface area contributed by atoms with E-state index in [-0.39, 0.29) is 0 Å². The van der Waals surface area contributed by atoms with Crippen molar-refractivity contribution < 1.29 is 5.11 Å². The highest BCUT2D eigenvalue weighted by atomic mass is 79.9. The average Bonchev–Trinajstić information content (AvgIpc) is 2.19. The van der Waals surface area contributed by atoms with Gasteiger partial charge in [0.1, 0.15) is 0 Å². The van der Waals surface area contributed by atoms with Gasteiger partial charge in [0.15, 0.2) is 0 Å². The number of alkyl halides is 1. The average molecular weight is 243 g/mol. The summed E-state index contributed by atoms with van der Waals surface area (Å²) in [6.07, 6.45) is 1.78. The summed E-state index contributed by atoms with van der Waals surface area (Å²) in [6.45, 7) is 2.08. The maximum atomic E-state index is 10.2. The van der Waals surface area contributed by atoms with Crippen LogP contribution in [-0.4, -0.2) is 10.4 Å². The number of aliphatic hydroxyl groups is 1. The fourth-order valence-electron chi connectivity index (χ4n) is 1.45. The van der Waals surface area contributed by atoms with Crippen molar-refractivity contribution in [2.75, 3.05) is 5.33 Å². The number of rotatable bonds is 4. The molecule has 0 aliphatic rings. The molecule has 1 unspecified atom stereocenters. The highest BCUT2D eigenvalue weighted by Crippen LogP contribution is 2.28. The van der Waals surface area contributed by atoms with E-state index in [0.717, 1.165) is 18.4 Å². The molecule has 13 heavy (non-hydrogen) atoms. The molecule has 1 N–H and O–H groups in total. The Morgan fingerprint density at radius 1 is 1.31 bits per heavy atom. The fraction of sp³-hybridized carbons (Fsp3) is 0.455. The Bertz CT molecular complexity index is 248. The highest BCUT2D eigenvalue weighted by molar-refractivity contribution is 9.09. The zero-order valence-electron chi connectivity index (χ0n) is 7.83. The van der Waals surface area contributed by atoms with Crippen LogP contribution in [0.25, 0.3) is 0 Å². The molecule has 0 spiro atoms. The number of hydrogen-bond acceptors (Lipinski definition) is 1. The van der Waals surface area contributed by atoms with Crippen molar-refractivity contribution in [1.82, 2.24) is 0 Å². The summed E-state index contributed by atoms with van der Waals surface area (Å²) in [7, 11) is 0. The fourth-order valence-corrected chi connectivity index (χ4v) is 2.05. The van der Waals surface area contributed by atoms with Crippen LogP contribution < -0.4 is 0 Å². The molecule has 0 radical (unpaired) electrons. The van der Waals surface area contributed by atoms with Crippen molar-refractivity contribution in [2.24, 2.45) is 0 Å². The molecule has 0 aliphatic heterocycles. The summed E-state index contributed by atoms with van der Waals surface area (Å²) < 4.78 is 0. The molecule has 0 aliphatic carbocycles. The van der Waals surface area contributed by atoms with Gasteiger partial charge in [-0.25, -0.2) is 0 Å². The molecule has 0 amide bonds. The molecule has 72 valence electrons. The smallest absolute Gasteiger partial charge is 0.0992 e. The van der Waals surface area contributed by atoms with Crippen LogP contribution in [0.15, 0.2) is 30.3 Å². The molecule has 0 saturated carbocycles. The topological polar surface area (TPSA) is 20.2 Å². The van der Waals surface area contributed by atoms with Crippen LogP contribution in [-0.2, 0) is 5.60 Å². The summed E-state index contributed by atoms with van der Waals surface area (Å²) in [5.74, 6) is 0. The number of halogens is 1. The van der Waals surface area contributed by atoms with Gasteiger partial charge in [0.2, 0.25) is 0 Å². The highest BCUT2D eigenvalue weighted by Gasteiger charge is 2.26. The molecule has 1 aromatic rings. The van der Waals surface area contributed by atoms with E-state index in [4.69, 9.17) is 0 Å². The Kier molecular flexibility index (Phi) is 3.94. The third-order valence-corrected chi connectivity index (χ3v) is 3.12. The van der Waals surface area contributed by atoms with E-state index in [1.165, 1.54) is 0 Å². The lowest BCUT2D eigenvalue weighted by atomic mass is 9.91. The standard InChI is InChI=1S/C11H15BrO/c1-2-8-11(13,9-12)10-6-4-3-5-7-10/h3-7,13H,2,8-9H2,1H3. The lowest BCUT2D eigenvalue weighted by Gasteiger charge is -2.25. The van der Waals surface area contributed by atoms with Gasteiger partial charge in [-0.2, -0.15) is 0 Å². The van der Waals surface area contributed by atoms with Crippen molar-refractivity contribution >= 4 is 15.9 Å². The first-order valence-electron chi connectivity index (χ1n) is 4.57. The van der Waals surface area contributed by atoms with Crippen molar-refractivity contribution in [3.63, 3.8) is 0 Å². The monoisotopic (exact) mass is 242 g/mol. The molecule has 0 heterocycles. The van der Waals surface area contributed by atoms with Crippen molar-refractivity contribution in [3.05, 3.63) is 35.9 Å². The number of benzene rings is 1. The van der Waals surface area contributed by atoms with Gasteiger partial charge in [-0.3, -0.25) is 0 Å². The summed E-state index contributed by atoms with van der Waals surface area (Å²) >= 11 is 3.36. The Morgan fingerprint density at radius 2 is 1.92 bits per heavy atom. The van der Waals surface area contributed by atoms with Crippen LogP contribution in [0.4, 0.5) is 0 Å².